The highest BCUT2D eigenvalue weighted by molar-refractivity contribution is 6.26. The van der Waals surface area contributed by atoms with Gasteiger partial charge in [0.05, 0.1) is 31.1 Å². The first-order valence-electron chi connectivity index (χ1n) is 13.6. The minimum atomic E-state index is -0.0940. The minimum Gasteiger partial charge on any atom is -0.493 e. The standard InChI is InChI=1S/C29H39N3O4/c1-2-34-23-20-24(36-19-9-17-32-14-5-6-15-32)28(30)27-26(23)25-21(29(27)33)10-7-11-22(25)35-18-8-16-31-12-3-4-13-31/h7,10-11,20H,2-6,8-9,12-19,30H2,1H3. The summed E-state index contributed by atoms with van der Waals surface area (Å²) in [5, 5.41) is 0. The summed E-state index contributed by atoms with van der Waals surface area (Å²) in [4.78, 5) is 18.5. The molecular weight excluding hydrogens is 454 g/mol. The number of carbonyl (C=O) groups is 1. The topological polar surface area (TPSA) is 77.3 Å². The maximum Gasteiger partial charge on any atom is 0.196 e. The molecule has 0 spiro atoms. The van der Waals surface area contributed by atoms with Crippen molar-refractivity contribution in [2.75, 3.05) is 64.8 Å². The molecule has 3 aliphatic rings. The normalized spacial score (nSPS) is 17.4. The fraction of sp³-hybridized carbons (Fsp3) is 0.552. The molecule has 2 saturated heterocycles. The first-order chi connectivity index (χ1) is 17.7. The summed E-state index contributed by atoms with van der Waals surface area (Å²) in [5.74, 6) is 1.76. The molecule has 0 bridgehead atoms. The molecule has 0 amide bonds. The molecular formula is C29H39N3O4. The summed E-state index contributed by atoms with van der Waals surface area (Å²) in [5.41, 5.74) is 9.54. The van der Waals surface area contributed by atoms with Gasteiger partial charge in [-0.15, -0.1) is 0 Å². The van der Waals surface area contributed by atoms with Gasteiger partial charge in [-0.1, -0.05) is 12.1 Å². The number of ketones is 1. The van der Waals surface area contributed by atoms with Gasteiger partial charge in [-0.05, 0) is 77.7 Å². The van der Waals surface area contributed by atoms with Gasteiger partial charge in [-0.3, -0.25) is 4.79 Å². The Hall–Kier alpha value is -2.77. The van der Waals surface area contributed by atoms with Crippen LogP contribution < -0.4 is 19.9 Å². The van der Waals surface area contributed by atoms with Crippen molar-refractivity contribution in [2.24, 2.45) is 0 Å². The first kappa shape index (κ1) is 24.9. The van der Waals surface area contributed by atoms with E-state index in [1.54, 1.807) is 0 Å². The van der Waals surface area contributed by atoms with E-state index >= 15 is 0 Å². The molecule has 0 atom stereocenters. The van der Waals surface area contributed by atoms with Crippen LogP contribution in [0, 0.1) is 0 Å². The van der Waals surface area contributed by atoms with E-state index in [0.717, 1.165) is 37.1 Å². The summed E-state index contributed by atoms with van der Waals surface area (Å²) in [6, 6.07) is 7.51. The van der Waals surface area contributed by atoms with Crippen LogP contribution in [0.15, 0.2) is 24.3 Å². The Labute approximate surface area is 214 Å². The van der Waals surface area contributed by atoms with Gasteiger partial charge in [0.2, 0.25) is 0 Å². The Morgan fingerprint density at radius 3 is 2.00 bits per heavy atom. The molecule has 194 valence electrons. The second-order valence-electron chi connectivity index (χ2n) is 9.98. The molecule has 0 saturated carbocycles. The van der Waals surface area contributed by atoms with E-state index in [2.05, 4.69) is 9.80 Å². The van der Waals surface area contributed by atoms with Crippen molar-refractivity contribution in [3.05, 3.63) is 35.4 Å². The van der Waals surface area contributed by atoms with Crippen LogP contribution in [0.1, 0.15) is 61.4 Å². The number of nitrogens with two attached hydrogens (primary N) is 1. The van der Waals surface area contributed by atoms with Gasteiger partial charge in [-0.25, -0.2) is 0 Å². The summed E-state index contributed by atoms with van der Waals surface area (Å²) in [7, 11) is 0. The Morgan fingerprint density at radius 1 is 0.778 bits per heavy atom. The molecule has 1 aliphatic carbocycles. The molecule has 2 N–H and O–H groups in total. The zero-order valence-electron chi connectivity index (χ0n) is 21.5. The Kier molecular flexibility index (Phi) is 7.97. The van der Waals surface area contributed by atoms with Crippen LogP contribution in [-0.4, -0.2) is 74.7 Å². The number of nitrogens with zero attached hydrogens (tertiary/aromatic N) is 2. The summed E-state index contributed by atoms with van der Waals surface area (Å²) in [6.45, 7) is 10.4. The van der Waals surface area contributed by atoms with Gasteiger partial charge in [-0.2, -0.15) is 0 Å². The number of ether oxygens (including phenoxy) is 3. The second-order valence-corrected chi connectivity index (χ2v) is 9.98. The average Bonchev–Trinajstić information content (AvgIpc) is 3.64. The molecule has 2 heterocycles. The molecule has 2 aromatic rings. The lowest BCUT2D eigenvalue weighted by Crippen LogP contribution is -2.22. The lowest BCUT2D eigenvalue weighted by atomic mass is 10.0. The van der Waals surface area contributed by atoms with E-state index in [0.29, 0.717) is 53.9 Å². The minimum absolute atomic E-state index is 0.0940. The number of rotatable bonds is 12. The molecule has 7 heteroatoms. The van der Waals surface area contributed by atoms with Crippen molar-refractivity contribution in [1.29, 1.82) is 0 Å². The highest BCUT2D eigenvalue weighted by Crippen LogP contribution is 2.52. The fourth-order valence-electron chi connectivity index (χ4n) is 5.71. The number of carbonyl (C=O) groups excluding carboxylic acids is 1. The van der Waals surface area contributed by atoms with Crippen molar-refractivity contribution < 1.29 is 19.0 Å². The van der Waals surface area contributed by atoms with E-state index < -0.39 is 0 Å². The molecule has 36 heavy (non-hydrogen) atoms. The maximum absolute atomic E-state index is 13.5. The third-order valence-electron chi connectivity index (χ3n) is 7.49. The predicted octanol–water partition coefficient (Wildman–Crippen LogP) is 4.61. The Balaban J connectivity index is 1.34. The fourth-order valence-corrected chi connectivity index (χ4v) is 5.71. The van der Waals surface area contributed by atoms with Crippen molar-refractivity contribution in [2.45, 2.75) is 45.4 Å². The van der Waals surface area contributed by atoms with Crippen LogP contribution in [0.2, 0.25) is 0 Å². The third kappa shape index (κ3) is 5.18. The van der Waals surface area contributed by atoms with E-state index in [4.69, 9.17) is 19.9 Å². The monoisotopic (exact) mass is 493 g/mol. The molecule has 0 aromatic heterocycles. The van der Waals surface area contributed by atoms with Crippen LogP contribution >= 0.6 is 0 Å². The number of benzene rings is 2. The van der Waals surface area contributed by atoms with Gasteiger partial charge in [0.15, 0.2) is 5.78 Å². The van der Waals surface area contributed by atoms with Gasteiger partial charge in [0, 0.05) is 35.8 Å². The summed E-state index contributed by atoms with van der Waals surface area (Å²) in [6.07, 6.45) is 7.01. The predicted molar refractivity (Wildman–Crippen MR) is 142 cm³/mol. The molecule has 0 unspecified atom stereocenters. The van der Waals surface area contributed by atoms with Crippen molar-refractivity contribution in [3.8, 4) is 28.4 Å². The molecule has 0 radical (unpaired) electrons. The lowest BCUT2D eigenvalue weighted by Gasteiger charge is -2.19. The zero-order valence-corrected chi connectivity index (χ0v) is 21.5. The molecule has 2 aliphatic heterocycles. The number of anilines is 1. The highest BCUT2D eigenvalue weighted by atomic mass is 16.5. The van der Waals surface area contributed by atoms with Crippen LogP contribution in [0.4, 0.5) is 5.69 Å². The average molecular weight is 494 g/mol. The first-order valence-corrected chi connectivity index (χ1v) is 13.6. The van der Waals surface area contributed by atoms with Crippen molar-refractivity contribution in [3.63, 3.8) is 0 Å². The van der Waals surface area contributed by atoms with Crippen LogP contribution in [0.25, 0.3) is 11.1 Å². The molecule has 2 aromatic carbocycles. The largest absolute Gasteiger partial charge is 0.493 e. The molecule has 2 fully saturated rings. The Morgan fingerprint density at radius 2 is 1.39 bits per heavy atom. The summed E-state index contributed by atoms with van der Waals surface area (Å²) >= 11 is 0. The highest BCUT2D eigenvalue weighted by Gasteiger charge is 2.36. The quantitative estimate of drug-likeness (QED) is 0.292. The zero-order chi connectivity index (χ0) is 24.9. The van der Waals surface area contributed by atoms with E-state index in [1.807, 2.05) is 31.2 Å². The van der Waals surface area contributed by atoms with E-state index in [1.165, 1.54) is 51.9 Å². The van der Waals surface area contributed by atoms with Crippen LogP contribution in [0.5, 0.6) is 17.2 Å². The number of likely N-dealkylation sites (tertiary alicyclic amines) is 2. The molecule has 5 rings (SSSR count). The smallest absolute Gasteiger partial charge is 0.196 e. The summed E-state index contributed by atoms with van der Waals surface area (Å²) < 4.78 is 18.4. The Bertz CT molecular complexity index is 1070. The SMILES string of the molecule is CCOc1cc(OCCCN2CCCC2)c(N)c2c1-c1c(OCCCN3CCCC3)cccc1C2=O. The van der Waals surface area contributed by atoms with Gasteiger partial charge in [0.1, 0.15) is 17.2 Å². The number of fused-ring (bicyclic) bond motifs is 3. The van der Waals surface area contributed by atoms with Crippen molar-refractivity contribution >= 4 is 11.5 Å². The van der Waals surface area contributed by atoms with E-state index in [-0.39, 0.29) is 5.78 Å². The van der Waals surface area contributed by atoms with E-state index in [9.17, 15) is 4.79 Å². The maximum atomic E-state index is 13.5. The van der Waals surface area contributed by atoms with Crippen LogP contribution in [-0.2, 0) is 0 Å². The number of hydrogen-bond acceptors (Lipinski definition) is 7. The van der Waals surface area contributed by atoms with Gasteiger partial charge in [0.25, 0.3) is 0 Å². The third-order valence-corrected chi connectivity index (χ3v) is 7.49. The van der Waals surface area contributed by atoms with Gasteiger partial charge >= 0.3 is 0 Å². The van der Waals surface area contributed by atoms with Gasteiger partial charge < -0.3 is 29.7 Å². The van der Waals surface area contributed by atoms with Crippen LogP contribution in [0.3, 0.4) is 0 Å². The lowest BCUT2D eigenvalue weighted by molar-refractivity contribution is 0.104. The number of hydrogen-bond donors (Lipinski definition) is 1. The second kappa shape index (κ2) is 11.5. The number of nitrogen functional groups attached to an aromatic ring is 1. The van der Waals surface area contributed by atoms with Crippen molar-refractivity contribution in [1.82, 2.24) is 9.80 Å². The molecule has 7 nitrogen and oxygen atoms in total.